The lowest BCUT2D eigenvalue weighted by atomic mass is 10.2. The third-order valence-electron chi connectivity index (χ3n) is 4.32. The maximum absolute atomic E-state index is 12.5. The second-order valence-corrected chi connectivity index (χ2v) is 6.33. The van der Waals surface area contributed by atoms with E-state index in [0.29, 0.717) is 11.4 Å². The van der Waals surface area contributed by atoms with E-state index in [-0.39, 0.29) is 5.91 Å². The lowest BCUT2D eigenvalue weighted by Gasteiger charge is -2.20. The molecule has 1 aromatic heterocycles. The van der Waals surface area contributed by atoms with Crippen LogP contribution >= 0.6 is 0 Å². The Bertz CT molecular complexity index is 719. The van der Waals surface area contributed by atoms with E-state index in [1.807, 2.05) is 44.2 Å². The van der Waals surface area contributed by atoms with Gasteiger partial charge in [-0.3, -0.25) is 4.79 Å². The van der Waals surface area contributed by atoms with Crippen LogP contribution in [0.15, 0.2) is 30.3 Å². The number of nitrogens with one attached hydrogen (secondary N) is 1. The van der Waals surface area contributed by atoms with Crippen LogP contribution in [0.5, 0.6) is 5.75 Å². The highest BCUT2D eigenvalue weighted by Gasteiger charge is 2.20. The standard InChI is InChI=1S/C19H24N4O2/c1-13-17(14(2)21-19(20-13)23-11-7-8-12-23)22-18(24)15(3)25-16-9-5-4-6-10-16/h4-6,9-10,15H,7-8,11-12H2,1-3H3,(H,22,24). The number of benzene rings is 1. The summed E-state index contributed by atoms with van der Waals surface area (Å²) >= 11 is 0. The lowest BCUT2D eigenvalue weighted by Crippen LogP contribution is -2.31. The number of carbonyl (C=O) groups excluding carboxylic acids is 1. The van der Waals surface area contributed by atoms with Crippen molar-refractivity contribution >= 4 is 17.5 Å². The highest BCUT2D eigenvalue weighted by atomic mass is 16.5. The van der Waals surface area contributed by atoms with Gasteiger partial charge in [-0.25, -0.2) is 9.97 Å². The molecule has 1 amide bonds. The average Bonchev–Trinajstić information content (AvgIpc) is 3.13. The zero-order chi connectivity index (χ0) is 17.8. The summed E-state index contributed by atoms with van der Waals surface area (Å²) < 4.78 is 5.67. The molecule has 2 aromatic rings. The van der Waals surface area contributed by atoms with Crippen molar-refractivity contribution in [3.05, 3.63) is 41.7 Å². The van der Waals surface area contributed by atoms with Crippen molar-refractivity contribution in [1.29, 1.82) is 0 Å². The SMILES string of the molecule is Cc1nc(N2CCCC2)nc(C)c1NC(=O)C(C)Oc1ccccc1. The maximum atomic E-state index is 12.5. The van der Waals surface area contributed by atoms with E-state index < -0.39 is 6.10 Å². The van der Waals surface area contributed by atoms with Gasteiger partial charge < -0.3 is 15.0 Å². The number of para-hydroxylation sites is 1. The molecular formula is C19H24N4O2. The van der Waals surface area contributed by atoms with Gasteiger partial charge in [0.05, 0.1) is 17.1 Å². The Balaban J connectivity index is 1.70. The number of aryl methyl sites for hydroxylation is 2. The van der Waals surface area contributed by atoms with Crippen LogP contribution in [0.2, 0.25) is 0 Å². The van der Waals surface area contributed by atoms with Crippen LogP contribution in [-0.4, -0.2) is 35.1 Å². The molecule has 1 aromatic carbocycles. The summed E-state index contributed by atoms with van der Waals surface area (Å²) in [5.74, 6) is 1.20. The fourth-order valence-corrected chi connectivity index (χ4v) is 2.92. The van der Waals surface area contributed by atoms with E-state index in [1.54, 1.807) is 6.92 Å². The summed E-state index contributed by atoms with van der Waals surface area (Å²) in [6.45, 7) is 7.50. The van der Waals surface area contributed by atoms with Crippen LogP contribution < -0.4 is 15.0 Å². The first kappa shape index (κ1) is 17.2. The summed E-state index contributed by atoms with van der Waals surface area (Å²) in [6.07, 6.45) is 1.74. The number of nitrogens with zero attached hydrogens (tertiary/aromatic N) is 3. The molecule has 1 saturated heterocycles. The highest BCUT2D eigenvalue weighted by molar-refractivity contribution is 5.95. The molecule has 1 aliphatic rings. The maximum Gasteiger partial charge on any atom is 0.265 e. The van der Waals surface area contributed by atoms with Gasteiger partial charge in [0.1, 0.15) is 5.75 Å². The largest absolute Gasteiger partial charge is 0.481 e. The van der Waals surface area contributed by atoms with Crippen molar-refractivity contribution in [3.8, 4) is 5.75 Å². The smallest absolute Gasteiger partial charge is 0.265 e. The van der Waals surface area contributed by atoms with Crippen molar-refractivity contribution in [1.82, 2.24) is 9.97 Å². The van der Waals surface area contributed by atoms with E-state index in [9.17, 15) is 4.79 Å². The minimum Gasteiger partial charge on any atom is -0.481 e. The third kappa shape index (κ3) is 4.07. The van der Waals surface area contributed by atoms with Crippen molar-refractivity contribution in [2.45, 2.75) is 39.7 Å². The van der Waals surface area contributed by atoms with Gasteiger partial charge in [0.2, 0.25) is 5.95 Å². The van der Waals surface area contributed by atoms with Gasteiger partial charge in [-0.1, -0.05) is 18.2 Å². The third-order valence-corrected chi connectivity index (χ3v) is 4.32. The molecule has 1 aliphatic heterocycles. The predicted molar refractivity (Wildman–Crippen MR) is 98.1 cm³/mol. The first-order chi connectivity index (χ1) is 12.0. The quantitative estimate of drug-likeness (QED) is 0.906. The van der Waals surface area contributed by atoms with Gasteiger partial charge in [-0.15, -0.1) is 0 Å². The second kappa shape index (κ2) is 7.51. The highest BCUT2D eigenvalue weighted by Crippen LogP contribution is 2.23. The summed E-state index contributed by atoms with van der Waals surface area (Å²) in [5.41, 5.74) is 2.21. The second-order valence-electron chi connectivity index (χ2n) is 6.33. The molecule has 132 valence electrons. The monoisotopic (exact) mass is 340 g/mol. The Hall–Kier alpha value is -2.63. The number of amides is 1. The molecule has 1 fully saturated rings. The number of rotatable bonds is 5. The van der Waals surface area contributed by atoms with Crippen molar-refractivity contribution in [2.24, 2.45) is 0 Å². The number of ether oxygens (including phenoxy) is 1. The van der Waals surface area contributed by atoms with Gasteiger partial charge in [0.25, 0.3) is 5.91 Å². The van der Waals surface area contributed by atoms with E-state index >= 15 is 0 Å². The molecule has 0 aliphatic carbocycles. The molecule has 6 heteroatoms. The summed E-state index contributed by atoms with van der Waals surface area (Å²) in [6, 6.07) is 9.31. The lowest BCUT2D eigenvalue weighted by molar-refractivity contribution is -0.122. The van der Waals surface area contributed by atoms with Crippen LogP contribution in [0.3, 0.4) is 0 Å². The van der Waals surface area contributed by atoms with Crippen LogP contribution in [0.1, 0.15) is 31.2 Å². The molecule has 1 unspecified atom stereocenters. The van der Waals surface area contributed by atoms with Gasteiger partial charge in [-0.2, -0.15) is 0 Å². The fraction of sp³-hybridized carbons (Fsp3) is 0.421. The predicted octanol–water partition coefficient (Wildman–Crippen LogP) is 3.10. The van der Waals surface area contributed by atoms with Gasteiger partial charge in [0.15, 0.2) is 6.10 Å². The van der Waals surface area contributed by atoms with E-state index in [0.717, 1.165) is 30.4 Å². The average molecular weight is 340 g/mol. The molecule has 1 atom stereocenters. The van der Waals surface area contributed by atoms with Crippen molar-refractivity contribution < 1.29 is 9.53 Å². The first-order valence-electron chi connectivity index (χ1n) is 8.67. The van der Waals surface area contributed by atoms with Crippen LogP contribution in [0.4, 0.5) is 11.6 Å². The van der Waals surface area contributed by atoms with E-state index in [4.69, 9.17) is 4.74 Å². The van der Waals surface area contributed by atoms with Gasteiger partial charge in [-0.05, 0) is 45.7 Å². The summed E-state index contributed by atoms with van der Waals surface area (Å²) in [7, 11) is 0. The Morgan fingerprint density at radius 2 is 1.72 bits per heavy atom. The zero-order valence-electron chi connectivity index (χ0n) is 15.0. The molecule has 0 radical (unpaired) electrons. The molecule has 2 heterocycles. The zero-order valence-corrected chi connectivity index (χ0v) is 15.0. The summed E-state index contributed by atoms with van der Waals surface area (Å²) in [5, 5.41) is 2.91. The van der Waals surface area contributed by atoms with Gasteiger partial charge in [0, 0.05) is 13.1 Å². The Morgan fingerprint density at radius 1 is 1.12 bits per heavy atom. The van der Waals surface area contributed by atoms with Crippen LogP contribution in [0, 0.1) is 13.8 Å². The van der Waals surface area contributed by atoms with Crippen molar-refractivity contribution in [3.63, 3.8) is 0 Å². The van der Waals surface area contributed by atoms with Crippen LogP contribution in [-0.2, 0) is 4.79 Å². The molecule has 3 rings (SSSR count). The normalized spacial score (nSPS) is 15.1. The number of carbonyl (C=O) groups is 1. The number of anilines is 2. The minimum atomic E-state index is -0.612. The molecule has 25 heavy (non-hydrogen) atoms. The summed E-state index contributed by atoms with van der Waals surface area (Å²) in [4.78, 5) is 23.8. The van der Waals surface area contributed by atoms with Crippen molar-refractivity contribution in [2.75, 3.05) is 23.3 Å². The minimum absolute atomic E-state index is 0.215. The topological polar surface area (TPSA) is 67.4 Å². The van der Waals surface area contributed by atoms with Gasteiger partial charge >= 0.3 is 0 Å². The Labute approximate surface area is 148 Å². The van der Waals surface area contributed by atoms with Crippen LogP contribution in [0.25, 0.3) is 0 Å². The molecule has 0 spiro atoms. The number of aromatic nitrogens is 2. The Morgan fingerprint density at radius 3 is 2.32 bits per heavy atom. The van der Waals surface area contributed by atoms with E-state index in [1.165, 1.54) is 12.8 Å². The first-order valence-corrected chi connectivity index (χ1v) is 8.67. The molecule has 1 N–H and O–H groups in total. The molecule has 6 nitrogen and oxygen atoms in total. The fourth-order valence-electron chi connectivity index (χ4n) is 2.92. The Kier molecular flexibility index (Phi) is 5.16. The molecule has 0 saturated carbocycles. The number of hydrogen-bond acceptors (Lipinski definition) is 5. The van der Waals surface area contributed by atoms with E-state index in [2.05, 4.69) is 20.2 Å². The molecular weight excluding hydrogens is 316 g/mol. The number of hydrogen-bond donors (Lipinski definition) is 1. The molecule has 0 bridgehead atoms.